The second-order valence-corrected chi connectivity index (χ2v) is 5.82. The zero-order valence-electron chi connectivity index (χ0n) is 11.5. The lowest BCUT2D eigenvalue weighted by molar-refractivity contribution is -0.142. The third-order valence-electron chi connectivity index (χ3n) is 3.82. The van der Waals surface area contributed by atoms with Crippen LogP contribution < -0.4 is 0 Å². The number of rotatable bonds is 6. The molecule has 0 radical (unpaired) electrons. The Morgan fingerprint density at radius 3 is 2.17 bits per heavy atom. The van der Waals surface area contributed by atoms with Crippen LogP contribution in [0.2, 0.25) is 0 Å². The number of amides is 1. The van der Waals surface area contributed by atoms with E-state index in [1.54, 1.807) is 4.90 Å². The monoisotopic (exact) mass is 257 g/mol. The number of aliphatic hydroxyl groups excluding tert-OH is 1. The van der Waals surface area contributed by atoms with Gasteiger partial charge in [0, 0.05) is 19.2 Å². The summed E-state index contributed by atoms with van der Waals surface area (Å²) in [4.78, 5) is 25.1. The van der Waals surface area contributed by atoms with Crippen molar-refractivity contribution in [2.75, 3.05) is 13.2 Å². The zero-order chi connectivity index (χ0) is 14.1. The number of nitrogens with zero attached hydrogens (tertiary/aromatic N) is 1. The first-order valence-electron chi connectivity index (χ1n) is 6.39. The van der Waals surface area contributed by atoms with E-state index in [-0.39, 0.29) is 18.6 Å². The minimum atomic E-state index is -0.899. The number of aliphatic hydroxyl groups is 1. The van der Waals surface area contributed by atoms with Gasteiger partial charge in [0.2, 0.25) is 5.91 Å². The predicted molar refractivity (Wildman–Crippen MR) is 66.9 cm³/mol. The fraction of sp³-hybridized carbons (Fsp3) is 0.846. The Balaban J connectivity index is 2.76. The van der Waals surface area contributed by atoms with Gasteiger partial charge in [-0.3, -0.25) is 9.59 Å². The molecule has 1 amide bonds. The molecule has 2 N–H and O–H groups in total. The van der Waals surface area contributed by atoms with Gasteiger partial charge < -0.3 is 15.1 Å². The number of hydrogen-bond acceptors (Lipinski definition) is 3. The number of carbonyl (C=O) groups is 2. The van der Waals surface area contributed by atoms with E-state index < -0.39 is 23.2 Å². The predicted octanol–water partition coefficient (Wildman–Crippen LogP) is 0.963. The van der Waals surface area contributed by atoms with Crippen molar-refractivity contribution in [2.45, 2.75) is 40.2 Å². The van der Waals surface area contributed by atoms with E-state index in [4.69, 9.17) is 10.2 Å². The van der Waals surface area contributed by atoms with Gasteiger partial charge in [0.1, 0.15) is 0 Å². The molecule has 0 saturated heterocycles. The Morgan fingerprint density at radius 2 is 1.83 bits per heavy atom. The van der Waals surface area contributed by atoms with Crippen LogP contribution in [0.15, 0.2) is 0 Å². The Labute approximate surface area is 108 Å². The smallest absolute Gasteiger partial charge is 0.307 e. The minimum Gasteiger partial charge on any atom is -0.481 e. The van der Waals surface area contributed by atoms with Gasteiger partial charge >= 0.3 is 5.97 Å². The van der Waals surface area contributed by atoms with Crippen LogP contribution in [-0.2, 0) is 9.59 Å². The Morgan fingerprint density at radius 1 is 1.28 bits per heavy atom. The SMILES string of the molecule is CC(C)N(CCCO)C(=O)[C@H]1[C@@H](C(=O)O)C1(C)C. The number of carboxylic acid groups (broad SMARTS) is 1. The Kier molecular flexibility index (Phi) is 4.37. The molecule has 5 nitrogen and oxygen atoms in total. The van der Waals surface area contributed by atoms with E-state index in [0.717, 1.165) is 0 Å². The highest BCUT2D eigenvalue weighted by atomic mass is 16.4. The molecule has 2 atom stereocenters. The van der Waals surface area contributed by atoms with Crippen molar-refractivity contribution in [1.82, 2.24) is 4.90 Å². The third-order valence-corrected chi connectivity index (χ3v) is 3.82. The van der Waals surface area contributed by atoms with Crippen LogP contribution in [0.1, 0.15) is 34.1 Å². The molecule has 18 heavy (non-hydrogen) atoms. The van der Waals surface area contributed by atoms with E-state index in [2.05, 4.69) is 0 Å². The maximum Gasteiger partial charge on any atom is 0.307 e. The largest absolute Gasteiger partial charge is 0.481 e. The van der Waals surface area contributed by atoms with E-state index in [1.807, 2.05) is 27.7 Å². The van der Waals surface area contributed by atoms with Crippen LogP contribution in [0.3, 0.4) is 0 Å². The summed E-state index contributed by atoms with van der Waals surface area (Å²) in [6.45, 7) is 7.96. The molecule has 0 aromatic carbocycles. The number of hydrogen-bond donors (Lipinski definition) is 2. The molecule has 0 unspecified atom stereocenters. The van der Waals surface area contributed by atoms with Crippen LogP contribution in [0.25, 0.3) is 0 Å². The van der Waals surface area contributed by atoms with Gasteiger partial charge in [-0.1, -0.05) is 13.8 Å². The summed E-state index contributed by atoms with van der Waals surface area (Å²) in [6, 6.07) is 0.0231. The molecule has 0 bridgehead atoms. The van der Waals surface area contributed by atoms with E-state index in [0.29, 0.717) is 13.0 Å². The minimum absolute atomic E-state index is 0.0231. The highest BCUT2D eigenvalue weighted by molar-refractivity contribution is 5.91. The highest BCUT2D eigenvalue weighted by Crippen LogP contribution is 2.59. The topological polar surface area (TPSA) is 77.8 Å². The van der Waals surface area contributed by atoms with Gasteiger partial charge in [-0.15, -0.1) is 0 Å². The van der Waals surface area contributed by atoms with Crippen LogP contribution in [-0.4, -0.2) is 46.2 Å². The quantitative estimate of drug-likeness (QED) is 0.743. The Hall–Kier alpha value is -1.10. The first-order chi connectivity index (χ1) is 8.25. The summed E-state index contributed by atoms with van der Waals surface area (Å²) in [5, 5.41) is 17.9. The summed E-state index contributed by atoms with van der Waals surface area (Å²) < 4.78 is 0. The van der Waals surface area contributed by atoms with Crippen LogP contribution in [0.4, 0.5) is 0 Å². The standard InChI is InChI=1S/C13H23NO4/c1-8(2)14(6-5-7-15)11(16)9-10(12(17)18)13(9,3)4/h8-10,15H,5-7H2,1-4H3,(H,17,18)/t9-,10+/m1/s1. The molecule has 0 aromatic rings. The lowest BCUT2D eigenvalue weighted by atomic mass is 10.1. The van der Waals surface area contributed by atoms with Gasteiger partial charge in [0.05, 0.1) is 11.8 Å². The molecule has 0 heterocycles. The third kappa shape index (κ3) is 2.66. The van der Waals surface area contributed by atoms with Crippen LogP contribution in [0.5, 0.6) is 0 Å². The fourth-order valence-corrected chi connectivity index (χ4v) is 2.60. The average molecular weight is 257 g/mol. The van der Waals surface area contributed by atoms with E-state index in [9.17, 15) is 9.59 Å². The van der Waals surface area contributed by atoms with Gasteiger partial charge in [0.15, 0.2) is 0 Å². The summed E-state index contributed by atoms with van der Waals surface area (Å²) in [6.07, 6.45) is 0.523. The maximum absolute atomic E-state index is 12.4. The van der Waals surface area contributed by atoms with Crippen LogP contribution >= 0.6 is 0 Å². The van der Waals surface area contributed by atoms with Crippen molar-refractivity contribution in [3.05, 3.63) is 0 Å². The van der Waals surface area contributed by atoms with E-state index in [1.165, 1.54) is 0 Å². The molecule has 1 rings (SSSR count). The number of carboxylic acids is 1. The summed E-state index contributed by atoms with van der Waals surface area (Å²) in [5.74, 6) is -2.02. The van der Waals surface area contributed by atoms with Crippen molar-refractivity contribution in [3.63, 3.8) is 0 Å². The van der Waals surface area contributed by atoms with Gasteiger partial charge in [-0.05, 0) is 25.7 Å². The molecule has 0 spiro atoms. The molecule has 0 aromatic heterocycles. The molecule has 1 fully saturated rings. The molecule has 0 aliphatic heterocycles. The normalized spacial score (nSPS) is 25.0. The molecule has 1 aliphatic carbocycles. The van der Waals surface area contributed by atoms with Gasteiger partial charge in [-0.2, -0.15) is 0 Å². The molecular formula is C13H23NO4. The average Bonchev–Trinajstić information content (AvgIpc) is 2.81. The van der Waals surface area contributed by atoms with Gasteiger partial charge in [0.25, 0.3) is 0 Å². The van der Waals surface area contributed by atoms with Crippen molar-refractivity contribution in [3.8, 4) is 0 Å². The molecule has 1 saturated carbocycles. The second kappa shape index (κ2) is 5.26. The molecule has 1 aliphatic rings. The fourth-order valence-electron chi connectivity index (χ4n) is 2.60. The van der Waals surface area contributed by atoms with Crippen molar-refractivity contribution in [1.29, 1.82) is 0 Å². The molecule has 104 valence electrons. The summed E-state index contributed by atoms with van der Waals surface area (Å²) >= 11 is 0. The maximum atomic E-state index is 12.4. The lowest BCUT2D eigenvalue weighted by Gasteiger charge is -2.27. The summed E-state index contributed by atoms with van der Waals surface area (Å²) in [7, 11) is 0. The zero-order valence-corrected chi connectivity index (χ0v) is 11.5. The Bertz CT molecular complexity index is 338. The van der Waals surface area contributed by atoms with Crippen molar-refractivity contribution < 1.29 is 19.8 Å². The number of aliphatic carboxylic acids is 1. The molecule has 5 heteroatoms. The summed E-state index contributed by atoms with van der Waals surface area (Å²) in [5.41, 5.74) is -0.463. The van der Waals surface area contributed by atoms with Gasteiger partial charge in [-0.25, -0.2) is 0 Å². The van der Waals surface area contributed by atoms with Crippen molar-refractivity contribution >= 4 is 11.9 Å². The second-order valence-electron chi connectivity index (χ2n) is 5.82. The molecular weight excluding hydrogens is 234 g/mol. The van der Waals surface area contributed by atoms with E-state index >= 15 is 0 Å². The van der Waals surface area contributed by atoms with Crippen molar-refractivity contribution in [2.24, 2.45) is 17.3 Å². The first-order valence-corrected chi connectivity index (χ1v) is 6.39. The van der Waals surface area contributed by atoms with Crippen LogP contribution in [0, 0.1) is 17.3 Å². The lowest BCUT2D eigenvalue weighted by Crippen LogP contribution is -2.40. The number of carbonyl (C=O) groups excluding carboxylic acids is 1. The highest BCUT2D eigenvalue weighted by Gasteiger charge is 2.66. The first kappa shape index (κ1) is 15.0.